The van der Waals surface area contributed by atoms with Crippen molar-refractivity contribution in [3.63, 3.8) is 0 Å². The average Bonchev–Trinajstić information content (AvgIpc) is 3.46. The van der Waals surface area contributed by atoms with E-state index in [-0.39, 0.29) is 11.3 Å². The number of thiazole rings is 1. The molecule has 8 nitrogen and oxygen atoms in total. The zero-order chi connectivity index (χ0) is 26.4. The molecule has 10 heteroatoms. The number of ether oxygens (including phenoxy) is 3. The Morgan fingerprint density at radius 1 is 1.08 bits per heavy atom. The highest BCUT2D eigenvalue weighted by Crippen LogP contribution is 2.45. The van der Waals surface area contributed by atoms with Crippen LogP contribution in [0.15, 0.2) is 66.2 Å². The highest BCUT2D eigenvalue weighted by atomic mass is 35.5. The van der Waals surface area contributed by atoms with Crippen LogP contribution in [0.3, 0.4) is 0 Å². The van der Waals surface area contributed by atoms with E-state index in [9.17, 15) is 14.7 Å². The van der Waals surface area contributed by atoms with Gasteiger partial charge < -0.3 is 19.3 Å². The van der Waals surface area contributed by atoms with Gasteiger partial charge in [-0.15, -0.1) is 0 Å². The van der Waals surface area contributed by atoms with E-state index in [0.29, 0.717) is 63.9 Å². The summed E-state index contributed by atoms with van der Waals surface area (Å²) in [6.45, 7) is 3.18. The maximum absolute atomic E-state index is 13.5. The standard InChI is InChI=1S/C28H21ClN2O6S/c1-2-35-18-7-3-15(4-8-18)24-23(25(32)16-5-10-20-21(13-16)37-12-11-36-20)26(33)27(34)31(24)28-30-19-9-6-17(29)14-22(19)38-28/h3-10,13-14,24,32H,2,11-12H2,1H3. The highest BCUT2D eigenvalue weighted by Gasteiger charge is 2.48. The summed E-state index contributed by atoms with van der Waals surface area (Å²) in [7, 11) is 0. The third-order valence-electron chi connectivity index (χ3n) is 6.31. The number of hydrogen-bond donors (Lipinski definition) is 1. The molecule has 3 heterocycles. The van der Waals surface area contributed by atoms with Gasteiger partial charge in [0.15, 0.2) is 16.6 Å². The first kappa shape index (κ1) is 24.3. The summed E-state index contributed by atoms with van der Waals surface area (Å²) in [5.74, 6) is -0.262. The SMILES string of the molecule is CCOc1ccc(C2C(=C(O)c3ccc4c(c3)OCCO4)C(=O)C(=O)N2c2nc3ccc(Cl)cc3s2)cc1. The second-order valence-electron chi connectivity index (χ2n) is 8.64. The van der Waals surface area contributed by atoms with Crippen molar-refractivity contribution in [3.05, 3.63) is 82.4 Å². The summed E-state index contributed by atoms with van der Waals surface area (Å²) in [5, 5.41) is 12.3. The van der Waals surface area contributed by atoms with Crippen LogP contribution >= 0.6 is 22.9 Å². The van der Waals surface area contributed by atoms with Crippen molar-refractivity contribution in [3.8, 4) is 17.2 Å². The number of amides is 1. The number of rotatable bonds is 5. The molecule has 1 amide bonds. The Morgan fingerprint density at radius 2 is 1.84 bits per heavy atom. The van der Waals surface area contributed by atoms with Gasteiger partial charge in [0.25, 0.3) is 5.78 Å². The minimum absolute atomic E-state index is 0.0480. The maximum atomic E-state index is 13.5. The van der Waals surface area contributed by atoms with Crippen molar-refractivity contribution in [1.29, 1.82) is 0 Å². The Morgan fingerprint density at radius 3 is 2.61 bits per heavy atom. The highest BCUT2D eigenvalue weighted by molar-refractivity contribution is 7.22. The van der Waals surface area contributed by atoms with E-state index in [1.807, 2.05) is 6.92 Å². The largest absolute Gasteiger partial charge is 0.507 e. The number of aromatic nitrogens is 1. The number of carbonyl (C=O) groups excluding carboxylic acids is 2. The van der Waals surface area contributed by atoms with Gasteiger partial charge >= 0.3 is 5.91 Å². The normalized spacial score (nSPS) is 18.3. The minimum atomic E-state index is -0.921. The second-order valence-corrected chi connectivity index (χ2v) is 10.1. The van der Waals surface area contributed by atoms with Crippen LogP contribution in [0.4, 0.5) is 5.13 Å². The molecule has 1 N–H and O–H groups in total. The van der Waals surface area contributed by atoms with Crippen LogP contribution in [-0.4, -0.2) is 41.6 Å². The summed E-state index contributed by atoms with van der Waals surface area (Å²) >= 11 is 7.40. The van der Waals surface area contributed by atoms with E-state index in [1.165, 1.54) is 16.2 Å². The van der Waals surface area contributed by atoms with Gasteiger partial charge in [-0.05, 0) is 61.0 Å². The van der Waals surface area contributed by atoms with Crippen LogP contribution in [-0.2, 0) is 9.59 Å². The lowest BCUT2D eigenvalue weighted by Gasteiger charge is -2.23. The molecule has 0 radical (unpaired) electrons. The third-order valence-corrected chi connectivity index (χ3v) is 7.56. The predicted molar refractivity (Wildman–Crippen MR) is 144 cm³/mol. The molecule has 192 valence electrons. The van der Waals surface area contributed by atoms with Crippen LogP contribution in [0.1, 0.15) is 24.1 Å². The number of benzene rings is 3. The van der Waals surface area contributed by atoms with E-state index in [1.54, 1.807) is 60.7 Å². The Balaban J connectivity index is 1.52. The van der Waals surface area contributed by atoms with Gasteiger partial charge in [-0.25, -0.2) is 4.98 Å². The number of carbonyl (C=O) groups is 2. The Bertz CT molecular complexity index is 1610. The molecule has 1 atom stereocenters. The number of anilines is 1. The Kier molecular flexibility index (Phi) is 6.17. The molecular formula is C28H21ClN2O6S. The molecular weight excluding hydrogens is 528 g/mol. The van der Waals surface area contributed by atoms with Gasteiger partial charge in [-0.2, -0.15) is 0 Å². The topological polar surface area (TPSA) is 98.2 Å². The van der Waals surface area contributed by atoms with Crippen molar-refractivity contribution in [2.45, 2.75) is 13.0 Å². The lowest BCUT2D eigenvalue weighted by atomic mass is 9.95. The quantitative estimate of drug-likeness (QED) is 0.193. The molecule has 0 aliphatic carbocycles. The molecule has 0 bridgehead atoms. The summed E-state index contributed by atoms with van der Waals surface area (Å²) in [5.41, 5.74) is 1.55. The fourth-order valence-electron chi connectivity index (χ4n) is 4.59. The minimum Gasteiger partial charge on any atom is -0.507 e. The average molecular weight is 549 g/mol. The van der Waals surface area contributed by atoms with Gasteiger partial charge in [0, 0.05) is 10.6 Å². The van der Waals surface area contributed by atoms with Crippen LogP contribution < -0.4 is 19.1 Å². The summed E-state index contributed by atoms with van der Waals surface area (Å²) in [6.07, 6.45) is 0. The van der Waals surface area contributed by atoms with Crippen molar-refractivity contribution < 1.29 is 28.9 Å². The number of ketones is 1. The number of nitrogens with zero attached hydrogens (tertiary/aromatic N) is 2. The number of halogens is 1. The van der Waals surface area contributed by atoms with Crippen molar-refractivity contribution >= 4 is 55.7 Å². The Labute approximate surface area is 226 Å². The molecule has 2 aliphatic heterocycles. The molecule has 38 heavy (non-hydrogen) atoms. The second kappa shape index (κ2) is 9.66. The van der Waals surface area contributed by atoms with E-state index < -0.39 is 17.7 Å². The monoisotopic (exact) mass is 548 g/mol. The summed E-state index contributed by atoms with van der Waals surface area (Å²) in [6, 6.07) is 16.3. The molecule has 2 aliphatic rings. The molecule has 3 aromatic carbocycles. The molecule has 4 aromatic rings. The number of fused-ring (bicyclic) bond motifs is 2. The van der Waals surface area contributed by atoms with Crippen molar-refractivity contribution in [2.24, 2.45) is 0 Å². The van der Waals surface area contributed by atoms with Crippen molar-refractivity contribution in [1.82, 2.24) is 4.98 Å². The third kappa shape index (κ3) is 4.13. The zero-order valence-corrected chi connectivity index (χ0v) is 21.7. The first-order valence-corrected chi connectivity index (χ1v) is 13.1. The molecule has 1 aromatic heterocycles. The number of hydrogen-bond acceptors (Lipinski definition) is 8. The van der Waals surface area contributed by atoms with E-state index >= 15 is 0 Å². The molecule has 1 fully saturated rings. The van der Waals surface area contributed by atoms with E-state index in [4.69, 9.17) is 25.8 Å². The lowest BCUT2D eigenvalue weighted by Crippen LogP contribution is -2.29. The van der Waals surface area contributed by atoms with Gasteiger partial charge in [0.1, 0.15) is 24.7 Å². The number of aliphatic hydroxyl groups is 1. The molecule has 6 rings (SSSR count). The summed E-state index contributed by atoms with van der Waals surface area (Å²) < 4.78 is 17.6. The molecule has 1 unspecified atom stereocenters. The summed E-state index contributed by atoms with van der Waals surface area (Å²) in [4.78, 5) is 32.9. The van der Waals surface area contributed by atoms with E-state index in [2.05, 4.69) is 4.98 Å². The molecule has 0 spiro atoms. The number of aliphatic hydroxyl groups excluding tert-OH is 1. The molecule has 1 saturated heterocycles. The first-order chi connectivity index (χ1) is 18.4. The van der Waals surface area contributed by atoms with Gasteiger partial charge in [0.2, 0.25) is 0 Å². The maximum Gasteiger partial charge on any atom is 0.301 e. The van der Waals surface area contributed by atoms with Crippen LogP contribution in [0, 0.1) is 0 Å². The smallest absolute Gasteiger partial charge is 0.301 e. The Hall–Kier alpha value is -4.08. The van der Waals surface area contributed by atoms with Crippen molar-refractivity contribution in [2.75, 3.05) is 24.7 Å². The van der Waals surface area contributed by atoms with Crippen LogP contribution in [0.25, 0.3) is 16.0 Å². The van der Waals surface area contributed by atoms with Gasteiger partial charge in [-0.1, -0.05) is 35.1 Å². The zero-order valence-electron chi connectivity index (χ0n) is 20.1. The molecule has 0 saturated carbocycles. The lowest BCUT2D eigenvalue weighted by molar-refractivity contribution is -0.132. The van der Waals surface area contributed by atoms with Gasteiger partial charge in [-0.3, -0.25) is 14.5 Å². The predicted octanol–water partition coefficient (Wildman–Crippen LogP) is 5.75. The van der Waals surface area contributed by atoms with Gasteiger partial charge in [0.05, 0.1) is 28.4 Å². The fraction of sp³-hybridized carbons (Fsp3) is 0.179. The van der Waals surface area contributed by atoms with Crippen LogP contribution in [0.5, 0.6) is 17.2 Å². The van der Waals surface area contributed by atoms with Crippen LogP contribution in [0.2, 0.25) is 5.02 Å². The first-order valence-electron chi connectivity index (χ1n) is 11.9. The fourth-order valence-corrected chi connectivity index (χ4v) is 5.86. The van der Waals surface area contributed by atoms with E-state index in [0.717, 1.165) is 4.70 Å². The number of Topliss-reactive ketones (excluding diaryl/α,β-unsaturated/α-hetero) is 1.